The highest BCUT2D eigenvalue weighted by Crippen LogP contribution is 2.31. The summed E-state index contributed by atoms with van der Waals surface area (Å²) in [4.78, 5) is 23.2. The molecule has 20 heavy (non-hydrogen) atoms. The van der Waals surface area contributed by atoms with Crippen molar-refractivity contribution in [3.8, 4) is 0 Å². The highest BCUT2D eigenvalue weighted by atomic mass is 19.1. The Hall–Kier alpha value is -1.98. The molecule has 0 aliphatic heterocycles. The fraction of sp³-hybridized carbons (Fsp3) is 0.429. The third-order valence-corrected chi connectivity index (χ3v) is 3.61. The number of hydrogen-bond donors (Lipinski definition) is 2. The molecular formula is C14H15F2NO3. The van der Waals surface area contributed by atoms with Crippen LogP contribution in [0.3, 0.4) is 0 Å². The van der Waals surface area contributed by atoms with Crippen LogP contribution in [0.15, 0.2) is 18.2 Å². The number of amides is 1. The van der Waals surface area contributed by atoms with Gasteiger partial charge in [0.25, 0.3) is 0 Å². The van der Waals surface area contributed by atoms with Crippen LogP contribution in [0.2, 0.25) is 0 Å². The van der Waals surface area contributed by atoms with Gasteiger partial charge in [-0.05, 0) is 25.0 Å². The molecule has 0 saturated heterocycles. The van der Waals surface area contributed by atoms with Gasteiger partial charge >= 0.3 is 5.97 Å². The van der Waals surface area contributed by atoms with Gasteiger partial charge in [0.2, 0.25) is 5.91 Å². The van der Waals surface area contributed by atoms with Crippen LogP contribution in [0.4, 0.5) is 14.5 Å². The Balaban J connectivity index is 2.12. The number of aliphatic carboxylic acids is 1. The predicted molar refractivity (Wildman–Crippen MR) is 68.1 cm³/mol. The van der Waals surface area contributed by atoms with Crippen molar-refractivity contribution in [3.05, 3.63) is 29.8 Å². The number of carbonyl (C=O) groups excluding carboxylic acids is 1. The van der Waals surface area contributed by atoms with Gasteiger partial charge in [-0.2, -0.15) is 0 Å². The van der Waals surface area contributed by atoms with Crippen LogP contribution in [0, 0.1) is 23.5 Å². The maximum atomic E-state index is 13.5. The van der Waals surface area contributed by atoms with Crippen molar-refractivity contribution < 1.29 is 23.5 Å². The molecule has 1 aliphatic carbocycles. The Bertz CT molecular complexity index is 533. The largest absolute Gasteiger partial charge is 0.481 e. The molecule has 0 spiro atoms. The molecule has 2 N–H and O–H groups in total. The number of benzene rings is 1. The van der Waals surface area contributed by atoms with Crippen LogP contribution in [0.5, 0.6) is 0 Å². The maximum absolute atomic E-state index is 13.5. The molecule has 1 amide bonds. The zero-order valence-corrected chi connectivity index (χ0v) is 10.7. The molecule has 6 heteroatoms. The van der Waals surface area contributed by atoms with Gasteiger partial charge < -0.3 is 10.4 Å². The van der Waals surface area contributed by atoms with Crippen LogP contribution in [0.25, 0.3) is 0 Å². The second kappa shape index (κ2) is 5.98. The third-order valence-electron chi connectivity index (χ3n) is 3.61. The minimum atomic E-state index is -1.01. The first kappa shape index (κ1) is 14.4. The lowest BCUT2D eigenvalue weighted by Gasteiger charge is -2.27. The van der Waals surface area contributed by atoms with E-state index < -0.39 is 35.3 Å². The van der Waals surface area contributed by atoms with Crippen LogP contribution in [0.1, 0.15) is 25.7 Å². The van der Waals surface area contributed by atoms with E-state index in [0.717, 1.165) is 25.0 Å². The van der Waals surface area contributed by atoms with Gasteiger partial charge in [-0.1, -0.05) is 12.8 Å². The molecule has 2 rings (SSSR count). The average Bonchev–Trinajstić information content (AvgIpc) is 2.41. The summed E-state index contributed by atoms with van der Waals surface area (Å²) >= 11 is 0. The number of carbonyl (C=O) groups is 2. The van der Waals surface area contributed by atoms with Crippen molar-refractivity contribution in [1.82, 2.24) is 0 Å². The number of nitrogens with one attached hydrogen (secondary N) is 1. The highest BCUT2D eigenvalue weighted by Gasteiger charge is 2.35. The summed E-state index contributed by atoms with van der Waals surface area (Å²) in [5, 5.41) is 11.5. The highest BCUT2D eigenvalue weighted by molar-refractivity contribution is 5.95. The van der Waals surface area contributed by atoms with E-state index >= 15 is 0 Å². The first-order chi connectivity index (χ1) is 9.49. The van der Waals surface area contributed by atoms with E-state index in [4.69, 9.17) is 5.11 Å². The molecule has 1 saturated carbocycles. The van der Waals surface area contributed by atoms with Gasteiger partial charge in [0, 0.05) is 6.07 Å². The molecule has 0 bridgehead atoms. The van der Waals surface area contributed by atoms with Crippen molar-refractivity contribution in [2.45, 2.75) is 25.7 Å². The van der Waals surface area contributed by atoms with Crippen molar-refractivity contribution >= 4 is 17.6 Å². The van der Waals surface area contributed by atoms with Crippen molar-refractivity contribution in [3.63, 3.8) is 0 Å². The molecule has 1 aromatic carbocycles. The topological polar surface area (TPSA) is 66.4 Å². The van der Waals surface area contributed by atoms with Crippen LogP contribution in [-0.2, 0) is 9.59 Å². The quantitative estimate of drug-likeness (QED) is 0.896. The number of rotatable bonds is 3. The van der Waals surface area contributed by atoms with Crippen LogP contribution >= 0.6 is 0 Å². The van der Waals surface area contributed by atoms with Gasteiger partial charge in [0.15, 0.2) is 0 Å². The van der Waals surface area contributed by atoms with Crippen molar-refractivity contribution in [2.24, 2.45) is 11.8 Å². The van der Waals surface area contributed by atoms with E-state index in [0.29, 0.717) is 18.9 Å². The molecular weight excluding hydrogens is 268 g/mol. The van der Waals surface area contributed by atoms with Gasteiger partial charge in [0.1, 0.15) is 11.6 Å². The smallest absolute Gasteiger partial charge is 0.307 e. The maximum Gasteiger partial charge on any atom is 0.307 e. The summed E-state index contributed by atoms with van der Waals surface area (Å²) in [5.74, 6) is -4.56. The van der Waals surface area contributed by atoms with Gasteiger partial charge in [-0.15, -0.1) is 0 Å². The summed E-state index contributed by atoms with van der Waals surface area (Å²) in [6.07, 6.45) is 2.45. The monoisotopic (exact) mass is 283 g/mol. The minimum Gasteiger partial charge on any atom is -0.481 e. The Morgan fingerprint density at radius 1 is 1.15 bits per heavy atom. The van der Waals surface area contributed by atoms with E-state index in [1.54, 1.807) is 0 Å². The fourth-order valence-corrected chi connectivity index (χ4v) is 2.56. The van der Waals surface area contributed by atoms with E-state index in [2.05, 4.69) is 5.32 Å². The molecule has 0 heterocycles. The zero-order valence-electron chi connectivity index (χ0n) is 10.7. The Labute approximate surface area is 114 Å². The van der Waals surface area contributed by atoms with Gasteiger partial charge in [-0.3, -0.25) is 9.59 Å². The molecule has 0 unspecified atom stereocenters. The molecule has 108 valence electrons. The number of carboxylic acids is 1. The average molecular weight is 283 g/mol. The molecule has 1 aromatic rings. The summed E-state index contributed by atoms with van der Waals surface area (Å²) in [6, 6.07) is 2.83. The lowest BCUT2D eigenvalue weighted by atomic mass is 9.78. The van der Waals surface area contributed by atoms with Crippen molar-refractivity contribution in [2.75, 3.05) is 5.32 Å². The first-order valence-electron chi connectivity index (χ1n) is 6.48. The summed E-state index contributed by atoms with van der Waals surface area (Å²) in [6.45, 7) is 0. The first-order valence-corrected chi connectivity index (χ1v) is 6.48. The van der Waals surface area contributed by atoms with E-state index in [-0.39, 0.29) is 5.69 Å². The third kappa shape index (κ3) is 3.12. The van der Waals surface area contributed by atoms with Crippen LogP contribution < -0.4 is 5.32 Å². The van der Waals surface area contributed by atoms with Crippen molar-refractivity contribution in [1.29, 1.82) is 0 Å². The van der Waals surface area contributed by atoms with Gasteiger partial charge in [-0.25, -0.2) is 8.78 Å². The summed E-state index contributed by atoms with van der Waals surface area (Å²) in [7, 11) is 0. The van der Waals surface area contributed by atoms with Gasteiger partial charge in [0.05, 0.1) is 17.5 Å². The van der Waals surface area contributed by atoms with E-state index in [1.165, 1.54) is 0 Å². The molecule has 4 nitrogen and oxygen atoms in total. The molecule has 2 atom stereocenters. The Morgan fingerprint density at radius 2 is 1.80 bits per heavy atom. The number of anilines is 1. The molecule has 0 radical (unpaired) electrons. The molecule has 1 aliphatic rings. The van der Waals surface area contributed by atoms with E-state index in [9.17, 15) is 18.4 Å². The number of carboxylic acid groups (broad SMARTS) is 1. The second-order valence-electron chi connectivity index (χ2n) is 4.95. The summed E-state index contributed by atoms with van der Waals surface area (Å²) in [5.41, 5.74) is -0.133. The van der Waals surface area contributed by atoms with Crippen LogP contribution in [-0.4, -0.2) is 17.0 Å². The summed E-state index contributed by atoms with van der Waals surface area (Å²) < 4.78 is 26.2. The Kier molecular flexibility index (Phi) is 4.32. The predicted octanol–water partition coefficient (Wildman–Crippen LogP) is 2.79. The lowest BCUT2D eigenvalue weighted by Crippen LogP contribution is -2.36. The number of halogens is 2. The molecule has 0 aromatic heterocycles. The standard InChI is InChI=1S/C14H15F2NO3/c15-8-5-6-12(11(16)7-8)17-13(18)9-3-1-2-4-10(9)14(19)20/h5-7,9-10H,1-4H2,(H,17,18)(H,19,20)/t9-,10-/m1/s1. The lowest BCUT2D eigenvalue weighted by molar-refractivity contribution is -0.147. The fourth-order valence-electron chi connectivity index (χ4n) is 2.56. The number of hydrogen-bond acceptors (Lipinski definition) is 2. The normalized spacial score (nSPS) is 22.3. The SMILES string of the molecule is O=C(O)[C@@H]1CCCC[C@H]1C(=O)Nc1ccc(F)cc1F. The zero-order chi connectivity index (χ0) is 14.7. The minimum absolute atomic E-state index is 0.133. The second-order valence-corrected chi connectivity index (χ2v) is 4.95. The van der Waals surface area contributed by atoms with E-state index in [1.807, 2.05) is 0 Å². The molecule has 1 fully saturated rings. The Morgan fingerprint density at radius 3 is 2.40 bits per heavy atom.